The SMILES string of the molecule is CNC(c1ccc(C)nc1)c1c(Cl)cccc1Cl. The van der Waals surface area contributed by atoms with Gasteiger partial charge >= 0.3 is 0 Å². The van der Waals surface area contributed by atoms with Crippen molar-refractivity contribution < 1.29 is 0 Å². The second-order valence-corrected chi connectivity index (χ2v) is 4.90. The van der Waals surface area contributed by atoms with Crippen LogP contribution in [-0.2, 0) is 0 Å². The van der Waals surface area contributed by atoms with Crippen molar-refractivity contribution in [2.24, 2.45) is 0 Å². The Balaban J connectivity index is 2.48. The number of aromatic nitrogens is 1. The van der Waals surface area contributed by atoms with Crippen LogP contribution in [0.5, 0.6) is 0 Å². The van der Waals surface area contributed by atoms with Crippen LogP contribution in [0, 0.1) is 6.92 Å². The van der Waals surface area contributed by atoms with Crippen LogP contribution in [0.4, 0.5) is 0 Å². The van der Waals surface area contributed by atoms with E-state index < -0.39 is 0 Å². The summed E-state index contributed by atoms with van der Waals surface area (Å²) in [6.07, 6.45) is 1.84. The first kappa shape index (κ1) is 13.3. The predicted octanol–water partition coefficient (Wildman–Crippen LogP) is 4.01. The van der Waals surface area contributed by atoms with Gasteiger partial charge in [-0.15, -0.1) is 0 Å². The third kappa shape index (κ3) is 2.66. The van der Waals surface area contributed by atoms with E-state index in [0.717, 1.165) is 16.8 Å². The van der Waals surface area contributed by atoms with Gasteiger partial charge in [0.25, 0.3) is 0 Å². The van der Waals surface area contributed by atoms with E-state index in [9.17, 15) is 0 Å². The Morgan fingerprint density at radius 3 is 2.28 bits per heavy atom. The largest absolute Gasteiger partial charge is 0.309 e. The van der Waals surface area contributed by atoms with E-state index in [4.69, 9.17) is 23.2 Å². The van der Waals surface area contributed by atoms with Gasteiger partial charge in [-0.2, -0.15) is 0 Å². The Bertz CT molecular complexity index is 518. The highest BCUT2D eigenvalue weighted by atomic mass is 35.5. The highest BCUT2D eigenvalue weighted by Gasteiger charge is 2.18. The molecule has 2 rings (SSSR count). The zero-order valence-electron chi connectivity index (χ0n) is 10.2. The summed E-state index contributed by atoms with van der Waals surface area (Å²) in [5, 5.41) is 4.54. The Morgan fingerprint density at radius 1 is 1.11 bits per heavy atom. The minimum Gasteiger partial charge on any atom is -0.309 e. The molecule has 0 amide bonds. The van der Waals surface area contributed by atoms with Gasteiger partial charge in [-0.25, -0.2) is 0 Å². The van der Waals surface area contributed by atoms with Gasteiger partial charge in [-0.05, 0) is 37.7 Å². The Morgan fingerprint density at radius 2 is 1.78 bits per heavy atom. The molecule has 0 saturated heterocycles. The molecule has 1 aromatic heterocycles. The van der Waals surface area contributed by atoms with E-state index >= 15 is 0 Å². The second-order valence-electron chi connectivity index (χ2n) is 4.09. The molecule has 0 radical (unpaired) electrons. The number of benzene rings is 1. The van der Waals surface area contributed by atoms with Crippen LogP contribution >= 0.6 is 23.2 Å². The molecule has 18 heavy (non-hydrogen) atoms. The lowest BCUT2D eigenvalue weighted by molar-refractivity contribution is 0.688. The number of nitrogens with zero attached hydrogens (tertiary/aromatic N) is 1. The van der Waals surface area contributed by atoms with Crippen molar-refractivity contribution in [2.75, 3.05) is 7.05 Å². The van der Waals surface area contributed by atoms with Crippen LogP contribution in [0.15, 0.2) is 36.5 Å². The van der Waals surface area contributed by atoms with E-state index in [0.29, 0.717) is 10.0 Å². The van der Waals surface area contributed by atoms with Crippen molar-refractivity contribution in [3.8, 4) is 0 Å². The molecule has 1 N–H and O–H groups in total. The topological polar surface area (TPSA) is 24.9 Å². The summed E-state index contributed by atoms with van der Waals surface area (Å²) >= 11 is 12.5. The molecular formula is C14H14Cl2N2. The molecule has 2 aromatic rings. The third-order valence-electron chi connectivity index (χ3n) is 2.84. The fourth-order valence-corrected chi connectivity index (χ4v) is 2.53. The van der Waals surface area contributed by atoms with E-state index in [-0.39, 0.29) is 6.04 Å². The fraction of sp³-hybridized carbons (Fsp3) is 0.214. The monoisotopic (exact) mass is 280 g/mol. The first-order valence-electron chi connectivity index (χ1n) is 5.67. The molecule has 0 bridgehead atoms. The van der Waals surface area contributed by atoms with E-state index in [1.54, 1.807) is 0 Å². The van der Waals surface area contributed by atoms with Gasteiger partial charge in [0.15, 0.2) is 0 Å². The first-order chi connectivity index (χ1) is 8.63. The van der Waals surface area contributed by atoms with Crippen molar-refractivity contribution in [1.82, 2.24) is 10.3 Å². The minimum atomic E-state index is -0.0562. The lowest BCUT2D eigenvalue weighted by Crippen LogP contribution is -2.18. The molecule has 1 atom stereocenters. The number of halogens is 2. The zero-order valence-corrected chi connectivity index (χ0v) is 11.8. The summed E-state index contributed by atoms with van der Waals surface area (Å²) in [5.41, 5.74) is 2.91. The highest BCUT2D eigenvalue weighted by Crippen LogP contribution is 2.33. The van der Waals surface area contributed by atoms with E-state index in [1.165, 1.54) is 0 Å². The number of hydrogen-bond acceptors (Lipinski definition) is 2. The van der Waals surface area contributed by atoms with Crippen LogP contribution in [0.25, 0.3) is 0 Å². The molecule has 94 valence electrons. The average molecular weight is 281 g/mol. The maximum Gasteiger partial charge on any atom is 0.0619 e. The molecule has 4 heteroatoms. The van der Waals surface area contributed by atoms with Crippen molar-refractivity contribution in [2.45, 2.75) is 13.0 Å². The lowest BCUT2D eigenvalue weighted by Gasteiger charge is -2.19. The molecule has 0 fully saturated rings. The zero-order chi connectivity index (χ0) is 13.1. The molecule has 0 aliphatic carbocycles. The van der Waals surface area contributed by atoms with Crippen LogP contribution in [0.2, 0.25) is 10.0 Å². The van der Waals surface area contributed by atoms with Crippen molar-refractivity contribution in [3.63, 3.8) is 0 Å². The quantitative estimate of drug-likeness (QED) is 0.919. The van der Waals surface area contributed by atoms with Gasteiger partial charge < -0.3 is 5.32 Å². The van der Waals surface area contributed by atoms with Gasteiger partial charge in [0, 0.05) is 27.5 Å². The Hall–Kier alpha value is -1.09. The van der Waals surface area contributed by atoms with E-state index in [1.807, 2.05) is 50.5 Å². The highest BCUT2D eigenvalue weighted by molar-refractivity contribution is 6.36. The summed E-state index contributed by atoms with van der Waals surface area (Å²) in [7, 11) is 1.88. The molecule has 1 aromatic carbocycles. The summed E-state index contributed by atoms with van der Waals surface area (Å²) in [4.78, 5) is 4.31. The maximum absolute atomic E-state index is 6.24. The van der Waals surface area contributed by atoms with E-state index in [2.05, 4.69) is 10.3 Å². The van der Waals surface area contributed by atoms with Gasteiger partial charge in [0.1, 0.15) is 0 Å². The van der Waals surface area contributed by atoms with Gasteiger partial charge in [-0.3, -0.25) is 4.98 Å². The molecule has 0 saturated carbocycles. The molecule has 1 heterocycles. The van der Waals surface area contributed by atoms with Crippen LogP contribution in [0.3, 0.4) is 0 Å². The number of hydrogen-bond donors (Lipinski definition) is 1. The van der Waals surface area contributed by atoms with Gasteiger partial charge in [0.2, 0.25) is 0 Å². The second kappa shape index (κ2) is 5.70. The third-order valence-corrected chi connectivity index (χ3v) is 3.50. The summed E-state index contributed by atoms with van der Waals surface area (Å²) < 4.78 is 0. The van der Waals surface area contributed by atoms with Gasteiger partial charge in [0.05, 0.1) is 6.04 Å². The summed E-state index contributed by atoms with van der Waals surface area (Å²) in [6, 6.07) is 9.48. The smallest absolute Gasteiger partial charge is 0.0619 e. The number of nitrogens with one attached hydrogen (secondary N) is 1. The maximum atomic E-state index is 6.24. The minimum absolute atomic E-state index is 0.0562. The number of aryl methyl sites for hydroxylation is 1. The molecular weight excluding hydrogens is 267 g/mol. The van der Waals surface area contributed by atoms with Crippen molar-refractivity contribution >= 4 is 23.2 Å². The first-order valence-corrected chi connectivity index (χ1v) is 6.43. The Kier molecular flexibility index (Phi) is 4.23. The molecule has 0 aliphatic heterocycles. The standard InChI is InChI=1S/C14H14Cl2N2/c1-9-6-7-10(8-18-9)14(17-2)13-11(15)4-3-5-12(13)16/h3-8,14,17H,1-2H3. The van der Waals surface area contributed by atoms with Gasteiger partial charge in [-0.1, -0.05) is 35.3 Å². The van der Waals surface area contributed by atoms with Crippen LogP contribution < -0.4 is 5.32 Å². The summed E-state index contributed by atoms with van der Waals surface area (Å²) in [5.74, 6) is 0. The predicted molar refractivity (Wildman–Crippen MR) is 76.3 cm³/mol. The molecule has 0 spiro atoms. The molecule has 0 aliphatic rings. The fourth-order valence-electron chi connectivity index (χ4n) is 1.91. The normalized spacial score (nSPS) is 12.4. The summed E-state index contributed by atoms with van der Waals surface area (Å²) in [6.45, 7) is 1.96. The number of rotatable bonds is 3. The Labute approximate surface area is 117 Å². The van der Waals surface area contributed by atoms with Crippen LogP contribution in [0.1, 0.15) is 22.9 Å². The average Bonchev–Trinajstić information content (AvgIpc) is 2.35. The van der Waals surface area contributed by atoms with Crippen molar-refractivity contribution in [1.29, 1.82) is 0 Å². The van der Waals surface area contributed by atoms with Crippen molar-refractivity contribution in [3.05, 3.63) is 63.4 Å². The molecule has 1 unspecified atom stereocenters. The molecule has 2 nitrogen and oxygen atoms in total. The number of pyridine rings is 1. The lowest BCUT2D eigenvalue weighted by atomic mass is 10.00. The van der Waals surface area contributed by atoms with Crippen LogP contribution in [-0.4, -0.2) is 12.0 Å².